The third kappa shape index (κ3) is 2.97. The number of rotatable bonds is 1. The van der Waals surface area contributed by atoms with E-state index in [4.69, 9.17) is 15.2 Å². The Balaban J connectivity index is 1.67. The van der Waals surface area contributed by atoms with Crippen molar-refractivity contribution in [1.29, 1.82) is 0 Å². The molecule has 3 unspecified atom stereocenters. The molecule has 1 saturated carbocycles. The molecule has 0 aromatic carbocycles. The van der Waals surface area contributed by atoms with Gasteiger partial charge in [0.25, 0.3) is 0 Å². The van der Waals surface area contributed by atoms with E-state index in [2.05, 4.69) is 11.8 Å². The Labute approximate surface area is 116 Å². The molecule has 3 rings (SSSR count). The first kappa shape index (κ1) is 13.8. The van der Waals surface area contributed by atoms with Gasteiger partial charge in [0, 0.05) is 24.9 Å². The second-order valence-electron chi connectivity index (χ2n) is 6.65. The van der Waals surface area contributed by atoms with Crippen LogP contribution in [0.25, 0.3) is 0 Å². The Kier molecular flexibility index (Phi) is 4.13. The molecular weight excluding hydrogens is 240 g/mol. The summed E-state index contributed by atoms with van der Waals surface area (Å²) in [6.45, 7) is 6.25. The number of nitrogens with two attached hydrogens (primary N) is 1. The molecule has 3 aliphatic rings. The van der Waals surface area contributed by atoms with Gasteiger partial charge < -0.3 is 15.2 Å². The molecule has 110 valence electrons. The van der Waals surface area contributed by atoms with Crippen LogP contribution < -0.4 is 5.73 Å². The second-order valence-corrected chi connectivity index (χ2v) is 6.65. The summed E-state index contributed by atoms with van der Waals surface area (Å²) in [5.41, 5.74) is 6.39. The lowest BCUT2D eigenvalue weighted by Gasteiger charge is -2.44. The molecule has 1 spiro atoms. The Hall–Kier alpha value is -0.160. The molecule has 2 N–H and O–H groups in total. The number of ether oxygens (including phenoxy) is 2. The Morgan fingerprint density at radius 1 is 1.11 bits per heavy atom. The highest BCUT2D eigenvalue weighted by molar-refractivity contribution is 4.95. The fourth-order valence-electron chi connectivity index (χ4n) is 3.93. The summed E-state index contributed by atoms with van der Waals surface area (Å²) in [4.78, 5) is 2.61. The van der Waals surface area contributed by atoms with Crippen molar-refractivity contribution in [2.45, 2.75) is 63.3 Å². The first-order valence-corrected chi connectivity index (χ1v) is 7.96. The minimum atomic E-state index is -0.307. The van der Waals surface area contributed by atoms with E-state index in [1.165, 1.54) is 32.4 Å². The van der Waals surface area contributed by atoms with Gasteiger partial charge in [0.2, 0.25) is 0 Å². The zero-order valence-electron chi connectivity index (χ0n) is 12.1. The molecule has 4 heteroatoms. The number of hydrogen-bond acceptors (Lipinski definition) is 4. The van der Waals surface area contributed by atoms with E-state index in [1.807, 2.05) is 0 Å². The largest absolute Gasteiger partial charge is 0.347 e. The number of hydrogen-bond donors (Lipinski definition) is 1. The van der Waals surface area contributed by atoms with E-state index in [1.54, 1.807) is 0 Å². The Morgan fingerprint density at radius 2 is 1.89 bits per heavy atom. The molecule has 3 atom stereocenters. The smallest absolute Gasteiger partial charge is 0.170 e. The van der Waals surface area contributed by atoms with E-state index >= 15 is 0 Å². The van der Waals surface area contributed by atoms with Crippen molar-refractivity contribution in [3.8, 4) is 0 Å². The van der Waals surface area contributed by atoms with Gasteiger partial charge >= 0.3 is 0 Å². The average Bonchev–Trinajstić information content (AvgIpc) is 2.74. The summed E-state index contributed by atoms with van der Waals surface area (Å²) >= 11 is 0. The van der Waals surface area contributed by atoms with Gasteiger partial charge in [-0.15, -0.1) is 0 Å². The van der Waals surface area contributed by atoms with Crippen molar-refractivity contribution >= 4 is 0 Å². The van der Waals surface area contributed by atoms with Crippen LogP contribution in [0.15, 0.2) is 0 Å². The summed E-state index contributed by atoms with van der Waals surface area (Å²) in [5, 5.41) is 0. The van der Waals surface area contributed by atoms with Crippen LogP contribution in [-0.2, 0) is 9.47 Å². The monoisotopic (exact) mass is 268 g/mol. The molecule has 0 aromatic heterocycles. The number of nitrogens with zero attached hydrogens (tertiary/aromatic N) is 1. The van der Waals surface area contributed by atoms with Gasteiger partial charge in [-0.1, -0.05) is 6.92 Å². The van der Waals surface area contributed by atoms with Crippen LogP contribution in [0, 0.1) is 5.92 Å². The predicted octanol–water partition coefficient (Wildman–Crippen LogP) is 1.73. The zero-order chi connectivity index (χ0) is 13.3. The van der Waals surface area contributed by atoms with Crippen LogP contribution in [0.1, 0.15) is 45.4 Å². The van der Waals surface area contributed by atoms with Gasteiger partial charge in [-0.05, 0) is 44.7 Å². The van der Waals surface area contributed by atoms with Crippen molar-refractivity contribution in [2.75, 3.05) is 26.3 Å². The quantitative estimate of drug-likeness (QED) is 0.787. The molecule has 2 saturated heterocycles. The molecular formula is C15H28N2O2. The maximum absolute atomic E-state index is 6.39. The van der Waals surface area contributed by atoms with Crippen LogP contribution in [0.3, 0.4) is 0 Å². The van der Waals surface area contributed by atoms with Crippen LogP contribution in [0.2, 0.25) is 0 Å². The standard InChI is InChI=1S/C15H28N2O2/c1-12-3-2-7-17(8-5-12)14-11-15(6-4-13(14)16)18-9-10-19-15/h12-14H,2-11,16H2,1H3. The molecule has 2 heterocycles. The third-order valence-electron chi connectivity index (χ3n) is 5.21. The minimum Gasteiger partial charge on any atom is -0.347 e. The Bertz CT molecular complexity index is 305. The lowest BCUT2D eigenvalue weighted by molar-refractivity contribution is -0.191. The summed E-state index contributed by atoms with van der Waals surface area (Å²) in [5.74, 6) is 0.552. The maximum Gasteiger partial charge on any atom is 0.170 e. The van der Waals surface area contributed by atoms with Crippen molar-refractivity contribution in [1.82, 2.24) is 4.90 Å². The molecule has 19 heavy (non-hydrogen) atoms. The van der Waals surface area contributed by atoms with Crippen LogP contribution in [0.4, 0.5) is 0 Å². The lowest BCUT2D eigenvalue weighted by atomic mass is 9.85. The summed E-state index contributed by atoms with van der Waals surface area (Å²) in [6.07, 6.45) is 6.92. The molecule has 3 fully saturated rings. The van der Waals surface area contributed by atoms with E-state index < -0.39 is 0 Å². The zero-order valence-corrected chi connectivity index (χ0v) is 12.1. The first-order chi connectivity index (χ1) is 9.19. The van der Waals surface area contributed by atoms with Gasteiger partial charge in [0.15, 0.2) is 5.79 Å². The van der Waals surface area contributed by atoms with Crippen molar-refractivity contribution in [3.63, 3.8) is 0 Å². The maximum atomic E-state index is 6.39. The summed E-state index contributed by atoms with van der Waals surface area (Å²) < 4.78 is 11.8. The molecule has 1 aliphatic carbocycles. The molecule has 0 radical (unpaired) electrons. The van der Waals surface area contributed by atoms with Gasteiger partial charge in [0.05, 0.1) is 13.2 Å². The third-order valence-corrected chi connectivity index (χ3v) is 5.21. The highest BCUT2D eigenvalue weighted by Crippen LogP contribution is 2.38. The van der Waals surface area contributed by atoms with Crippen LogP contribution in [-0.4, -0.2) is 49.1 Å². The molecule has 0 amide bonds. The van der Waals surface area contributed by atoms with Crippen LogP contribution in [0.5, 0.6) is 0 Å². The van der Waals surface area contributed by atoms with Crippen molar-refractivity contribution in [2.24, 2.45) is 11.7 Å². The van der Waals surface area contributed by atoms with Gasteiger partial charge in [0.1, 0.15) is 0 Å². The Morgan fingerprint density at radius 3 is 2.68 bits per heavy atom. The minimum absolute atomic E-state index is 0.284. The highest BCUT2D eigenvalue weighted by Gasteiger charge is 2.45. The lowest BCUT2D eigenvalue weighted by Crippen LogP contribution is -2.56. The van der Waals surface area contributed by atoms with E-state index in [-0.39, 0.29) is 11.8 Å². The van der Waals surface area contributed by atoms with Gasteiger partial charge in [-0.2, -0.15) is 0 Å². The fraction of sp³-hybridized carbons (Fsp3) is 1.00. The average molecular weight is 268 g/mol. The van der Waals surface area contributed by atoms with E-state index in [9.17, 15) is 0 Å². The molecule has 0 aromatic rings. The first-order valence-electron chi connectivity index (χ1n) is 7.96. The highest BCUT2D eigenvalue weighted by atomic mass is 16.7. The van der Waals surface area contributed by atoms with Gasteiger partial charge in [-0.25, -0.2) is 0 Å². The molecule has 0 bridgehead atoms. The molecule has 2 aliphatic heterocycles. The van der Waals surface area contributed by atoms with Crippen LogP contribution >= 0.6 is 0 Å². The normalized spacial score (nSPS) is 40.4. The summed E-state index contributed by atoms with van der Waals surface area (Å²) in [7, 11) is 0. The topological polar surface area (TPSA) is 47.7 Å². The SMILES string of the molecule is CC1CCCN(C2CC3(CCC2N)OCCO3)CC1. The second kappa shape index (κ2) is 5.68. The van der Waals surface area contributed by atoms with Crippen molar-refractivity contribution in [3.05, 3.63) is 0 Å². The summed E-state index contributed by atoms with van der Waals surface area (Å²) in [6, 6.07) is 0.726. The fourth-order valence-corrected chi connectivity index (χ4v) is 3.93. The predicted molar refractivity (Wildman–Crippen MR) is 74.8 cm³/mol. The van der Waals surface area contributed by atoms with Crippen molar-refractivity contribution < 1.29 is 9.47 Å². The van der Waals surface area contributed by atoms with E-state index in [0.29, 0.717) is 6.04 Å². The van der Waals surface area contributed by atoms with Gasteiger partial charge in [-0.3, -0.25) is 4.90 Å². The number of likely N-dealkylation sites (tertiary alicyclic amines) is 1. The van der Waals surface area contributed by atoms with E-state index in [0.717, 1.165) is 38.4 Å². The molecule has 4 nitrogen and oxygen atoms in total.